The van der Waals surface area contributed by atoms with Gasteiger partial charge in [-0.1, -0.05) is 37.3 Å². The molecule has 0 aliphatic rings. The van der Waals surface area contributed by atoms with Gasteiger partial charge in [-0.05, 0) is 25.8 Å². The lowest BCUT2D eigenvalue weighted by molar-refractivity contribution is -0.158. The van der Waals surface area contributed by atoms with Crippen LogP contribution in [0.2, 0.25) is 0 Å². The molecule has 0 fully saturated rings. The number of ether oxygens (including phenoxy) is 1. The second kappa shape index (κ2) is 5.82. The van der Waals surface area contributed by atoms with E-state index in [-0.39, 0.29) is 13.0 Å². The minimum absolute atomic E-state index is 0.196. The molecule has 1 aromatic carbocycles. The molecule has 2 atom stereocenters. The fourth-order valence-electron chi connectivity index (χ4n) is 1.81. The van der Waals surface area contributed by atoms with Crippen molar-refractivity contribution in [3.8, 4) is 0 Å². The molecular weight excluding hydrogens is 216 g/mol. The van der Waals surface area contributed by atoms with Gasteiger partial charge in [0, 0.05) is 1.37 Å². The van der Waals surface area contributed by atoms with Crippen LogP contribution < -0.4 is 0 Å². The molecule has 94 valence electrons. The van der Waals surface area contributed by atoms with Gasteiger partial charge in [-0.3, -0.25) is 4.79 Å². The van der Waals surface area contributed by atoms with E-state index in [1.54, 1.807) is 38.1 Å². The number of benzene rings is 1. The molecule has 0 amide bonds. The van der Waals surface area contributed by atoms with Gasteiger partial charge in [0.2, 0.25) is 0 Å². The molecule has 3 heteroatoms. The Hall–Kier alpha value is -1.35. The molecule has 0 saturated carbocycles. The van der Waals surface area contributed by atoms with E-state index in [9.17, 15) is 9.90 Å². The number of carbonyl (C=O) groups is 1. The topological polar surface area (TPSA) is 46.5 Å². The lowest BCUT2D eigenvalue weighted by Crippen LogP contribution is -2.38. The lowest BCUT2D eigenvalue weighted by atomic mass is 9.80. The number of carbonyl (C=O) groups excluding carboxylic acids is 1. The third kappa shape index (κ3) is 2.86. The summed E-state index contributed by atoms with van der Waals surface area (Å²) in [4.78, 5) is 11.9. The Morgan fingerprint density at radius 2 is 2.06 bits per heavy atom. The summed E-state index contributed by atoms with van der Waals surface area (Å²) in [7, 11) is 0. The maximum Gasteiger partial charge on any atom is 0.311 e. The quantitative estimate of drug-likeness (QED) is 0.800. The van der Waals surface area contributed by atoms with Crippen molar-refractivity contribution in [2.24, 2.45) is 5.89 Å². The summed E-state index contributed by atoms with van der Waals surface area (Å²) in [5.41, 5.74) is -1.00. The molecule has 0 spiro atoms. The molecule has 1 N–H and O–H groups in total. The number of aliphatic hydroxyl groups is 1. The van der Waals surface area contributed by atoms with E-state index in [4.69, 9.17) is 6.11 Å². The van der Waals surface area contributed by atoms with Crippen molar-refractivity contribution >= 4 is 5.97 Å². The summed E-state index contributed by atoms with van der Waals surface area (Å²) < 4.78 is 13.1. The van der Waals surface area contributed by atoms with E-state index in [2.05, 4.69) is 0 Å². The highest BCUT2D eigenvalue weighted by molar-refractivity contribution is 5.73. The zero-order valence-corrected chi connectivity index (χ0v) is 10.6. The first kappa shape index (κ1) is 12.1. The molecular formula is C14H20O3. The summed E-state index contributed by atoms with van der Waals surface area (Å²) in [6, 6.07) is 8.81. The first-order valence-corrected chi connectivity index (χ1v) is 5.85. The molecule has 17 heavy (non-hydrogen) atoms. The van der Waals surface area contributed by atoms with Crippen LogP contribution in [0.5, 0.6) is 0 Å². The molecule has 3 nitrogen and oxygen atoms in total. The number of hydrogen-bond donors (Lipinski definition) is 1. The minimum atomic E-state index is -1.74. The van der Waals surface area contributed by atoms with Gasteiger partial charge in [0.25, 0.3) is 0 Å². The zero-order valence-electron chi connectivity index (χ0n) is 11.6. The molecule has 0 aliphatic carbocycles. The fourth-order valence-corrected chi connectivity index (χ4v) is 1.81. The van der Waals surface area contributed by atoms with Gasteiger partial charge < -0.3 is 9.84 Å². The van der Waals surface area contributed by atoms with Gasteiger partial charge in [0.1, 0.15) is 5.60 Å². The Morgan fingerprint density at radius 3 is 2.53 bits per heavy atom. The fraction of sp³-hybridized carbons (Fsp3) is 0.500. The van der Waals surface area contributed by atoms with Crippen molar-refractivity contribution in [3.63, 3.8) is 0 Å². The number of hydrogen-bond acceptors (Lipinski definition) is 3. The maximum absolute atomic E-state index is 11.9. The molecule has 0 aliphatic heterocycles. The van der Waals surface area contributed by atoms with E-state index >= 15 is 0 Å². The van der Waals surface area contributed by atoms with Gasteiger partial charge >= 0.3 is 5.97 Å². The minimum Gasteiger partial charge on any atom is -0.466 e. The van der Waals surface area contributed by atoms with Crippen LogP contribution in [0.15, 0.2) is 30.3 Å². The SMILES string of the molecule is [2H]C(C)(C(=O)OCC)C(O)(CC)c1ccccc1. The van der Waals surface area contributed by atoms with E-state index in [1.165, 1.54) is 6.92 Å². The average molecular weight is 237 g/mol. The highest BCUT2D eigenvalue weighted by atomic mass is 16.5. The van der Waals surface area contributed by atoms with Gasteiger partial charge in [0.15, 0.2) is 0 Å². The van der Waals surface area contributed by atoms with Gasteiger partial charge in [0.05, 0.1) is 12.5 Å². The second-order valence-corrected chi connectivity index (χ2v) is 3.93. The van der Waals surface area contributed by atoms with Crippen molar-refractivity contribution in [2.75, 3.05) is 6.61 Å². The maximum atomic E-state index is 11.9. The van der Waals surface area contributed by atoms with E-state index in [1.807, 2.05) is 6.07 Å². The Kier molecular flexibility index (Phi) is 4.15. The van der Waals surface area contributed by atoms with Crippen LogP contribution in [-0.4, -0.2) is 17.7 Å². The van der Waals surface area contributed by atoms with Crippen molar-refractivity contribution in [1.29, 1.82) is 0 Å². The highest BCUT2D eigenvalue weighted by Crippen LogP contribution is 2.33. The zero-order chi connectivity index (χ0) is 13.8. The molecule has 1 aromatic rings. The van der Waals surface area contributed by atoms with Crippen molar-refractivity contribution < 1.29 is 16.0 Å². The second-order valence-electron chi connectivity index (χ2n) is 3.93. The normalized spacial score (nSPS) is 18.7. The van der Waals surface area contributed by atoms with Crippen molar-refractivity contribution in [1.82, 2.24) is 0 Å². The summed E-state index contributed by atoms with van der Waals surface area (Å²) in [6.45, 7) is 5.02. The Balaban J connectivity index is 3.19. The van der Waals surface area contributed by atoms with E-state index < -0.39 is 17.5 Å². The first-order chi connectivity index (χ1) is 8.40. The van der Waals surface area contributed by atoms with Crippen LogP contribution in [0.3, 0.4) is 0 Å². The lowest BCUT2D eigenvalue weighted by Gasteiger charge is -2.32. The number of rotatable bonds is 5. The smallest absolute Gasteiger partial charge is 0.311 e. The summed E-state index contributed by atoms with van der Waals surface area (Å²) in [6.07, 6.45) is 0.260. The van der Waals surface area contributed by atoms with Crippen LogP contribution in [0.1, 0.15) is 34.1 Å². The van der Waals surface area contributed by atoms with Gasteiger partial charge in [-0.25, -0.2) is 0 Å². The van der Waals surface area contributed by atoms with Crippen LogP contribution >= 0.6 is 0 Å². The summed E-state index contributed by atoms with van der Waals surface area (Å²) in [5, 5.41) is 10.7. The van der Waals surface area contributed by atoms with Gasteiger partial charge in [-0.2, -0.15) is 0 Å². The van der Waals surface area contributed by atoms with Crippen LogP contribution in [0, 0.1) is 5.89 Å². The summed E-state index contributed by atoms with van der Waals surface area (Å²) >= 11 is 0. The molecule has 0 radical (unpaired) electrons. The molecule has 1 rings (SSSR count). The molecule has 0 saturated heterocycles. The molecule has 0 bridgehead atoms. The van der Waals surface area contributed by atoms with Crippen LogP contribution in [0.4, 0.5) is 0 Å². The Labute approximate surface area is 104 Å². The monoisotopic (exact) mass is 237 g/mol. The molecule has 0 aromatic heterocycles. The number of esters is 1. The van der Waals surface area contributed by atoms with E-state index in [0.717, 1.165) is 0 Å². The Morgan fingerprint density at radius 1 is 1.47 bits per heavy atom. The first-order valence-electron chi connectivity index (χ1n) is 6.35. The third-order valence-electron chi connectivity index (χ3n) is 2.97. The average Bonchev–Trinajstić information content (AvgIpc) is 2.38. The van der Waals surface area contributed by atoms with Crippen LogP contribution in [0.25, 0.3) is 0 Å². The largest absolute Gasteiger partial charge is 0.466 e. The van der Waals surface area contributed by atoms with Crippen molar-refractivity contribution in [3.05, 3.63) is 35.9 Å². The van der Waals surface area contributed by atoms with Crippen LogP contribution in [-0.2, 0) is 15.1 Å². The van der Waals surface area contributed by atoms with Gasteiger partial charge in [-0.15, -0.1) is 0 Å². The van der Waals surface area contributed by atoms with Crippen molar-refractivity contribution in [2.45, 2.75) is 32.8 Å². The molecule has 2 unspecified atom stereocenters. The highest BCUT2D eigenvalue weighted by Gasteiger charge is 2.39. The standard InChI is InChI=1S/C14H20O3/c1-4-14(16,11(3)13(15)17-5-2)12-9-7-6-8-10-12/h6-11,16H,4-5H2,1-3H3/i11D. The summed E-state index contributed by atoms with van der Waals surface area (Å²) in [5.74, 6) is -2.45. The predicted octanol–water partition coefficient (Wildman–Crippen LogP) is 2.48. The molecule has 0 heterocycles. The predicted molar refractivity (Wildman–Crippen MR) is 66.4 cm³/mol. The van der Waals surface area contributed by atoms with E-state index in [0.29, 0.717) is 5.56 Å². The third-order valence-corrected chi connectivity index (χ3v) is 2.97. The Bertz CT molecular complexity index is 403.